The molecule has 0 saturated carbocycles. The normalized spacial score (nSPS) is 42.0. The van der Waals surface area contributed by atoms with Crippen molar-refractivity contribution in [2.24, 2.45) is 0 Å². The Hall–Kier alpha value is -0.0800. The number of rotatable bonds is 2. The monoisotopic (exact) mass is 212 g/mol. The van der Waals surface area contributed by atoms with Crippen LogP contribution in [0.15, 0.2) is 0 Å². The second-order valence-corrected chi connectivity index (χ2v) is 4.99. The van der Waals surface area contributed by atoms with Crippen LogP contribution >= 0.6 is 0 Å². The van der Waals surface area contributed by atoms with Gasteiger partial charge in [0.05, 0.1) is 12.2 Å². The molecule has 1 spiro atoms. The fourth-order valence-electron chi connectivity index (χ4n) is 2.84. The van der Waals surface area contributed by atoms with Gasteiger partial charge in [-0.3, -0.25) is 0 Å². The highest BCUT2D eigenvalue weighted by Crippen LogP contribution is 2.40. The van der Waals surface area contributed by atoms with Crippen LogP contribution in [0.25, 0.3) is 0 Å². The van der Waals surface area contributed by atoms with E-state index in [4.69, 9.17) is 9.47 Å². The fraction of sp³-hybridized carbons (Fsp3) is 1.00. The third-order valence-corrected chi connectivity index (χ3v) is 3.85. The number of hydrogen-bond acceptors (Lipinski definition) is 2. The van der Waals surface area contributed by atoms with E-state index in [2.05, 4.69) is 13.8 Å². The summed E-state index contributed by atoms with van der Waals surface area (Å²) in [5, 5.41) is 0. The first-order valence-electron chi connectivity index (χ1n) is 6.63. The summed E-state index contributed by atoms with van der Waals surface area (Å²) in [7, 11) is 0. The molecule has 0 bridgehead atoms. The Morgan fingerprint density at radius 3 is 2.20 bits per heavy atom. The molecule has 2 aliphatic heterocycles. The van der Waals surface area contributed by atoms with Gasteiger partial charge in [-0.25, -0.2) is 0 Å². The molecule has 0 radical (unpaired) electrons. The van der Waals surface area contributed by atoms with Crippen molar-refractivity contribution in [3.05, 3.63) is 0 Å². The van der Waals surface area contributed by atoms with Gasteiger partial charge in [-0.2, -0.15) is 0 Å². The molecular formula is C13H24O2. The zero-order valence-corrected chi connectivity index (χ0v) is 10.1. The SMILES string of the molecule is CC[C@H]1CCCC[C@]2(CC[C@H](CC)O2)O1. The van der Waals surface area contributed by atoms with Crippen LogP contribution in [0.5, 0.6) is 0 Å². The minimum atomic E-state index is -0.197. The van der Waals surface area contributed by atoms with E-state index in [1.165, 1.54) is 25.7 Å². The van der Waals surface area contributed by atoms with Crippen LogP contribution in [0, 0.1) is 0 Å². The van der Waals surface area contributed by atoms with Gasteiger partial charge in [-0.05, 0) is 32.1 Å². The lowest BCUT2D eigenvalue weighted by Gasteiger charge is -2.31. The molecule has 2 heterocycles. The lowest BCUT2D eigenvalue weighted by Crippen LogP contribution is -2.35. The molecule has 0 aromatic heterocycles. The van der Waals surface area contributed by atoms with Gasteiger partial charge in [-0.1, -0.05) is 20.3 Å². The van der Waals surface area contributed by atoms with Crippen molar-refractivity contribution in [2.75, 3.05) is 0 Å². The van der Waals surface area contributed by atoms with Gasteiger partial charge < -0.3 is 9.47 Å². The zero-order chi connectivity index (χ0) is 10.7. The van der Waals surface area contributed by atoms with Crippen LogP contribution in [-0.4, -0.2) is 18.0 Å². The maximum Gasteiger partial charge on any atom is 0.169 e. The highest BCUT2D eigenvalue weighted by molar-refractivity contribution is 4.84. The maximum atomic E-state index is 6.22. The van der Waals surface area contributed by atoms with E-state index in [9.17, 15) is 0 Å². The fourth-order valence-corrected chi connectivity index (χ4v) is 2.84. The van der Waals surface area contributed by atoms with E-state index in [1.54, 1.807) is 0 Å². The summed E-state index contributed by atoms with van der Waals surface area (Å²) in [6.07, 6.45) is 10.3. The molecule has 15 heavy (non-hydrogen) atoms. The Labute approximate surface area is 93.3 Å². The van der Waals surface area contributed by atoms with Gasteiger partial charge in [0.2, 0.25) is 0 Å². The van der Waals surface area contributed by atoms with E-state index < -0.39 is 0 Å². The lowest BCUT2D eigenvalue weighted by molar-refractivity contribution is -0.248. The summed E-state index contributed by atoms with van der Waals surface area (Å²) in [5.74, 6) is -0.197. The first-order chi connectivity index (χ1) is 7.28. The molecule has 2 nitrogen and oxygen atoms in total. The molecule has 2 heteroatoms. The van der Waals surface area contributed by atoms with Crippen molar-refractivity contribution in [3.63, 3.8) is 0 Å². The topological polar surface area (TPSA) is 18.5 Å². The van der Waals surface area contributed by atoms with E-state index in [0.29, 0.717) is 12.2 Å². The highest BCUT2D eigenvalue weighted by Gasteiger charge is 2.42. The van der Waals surface area contributed by atoms with E-state index in [0.717, 1.165) is 25.7 Å². The van der Waals surface area contributed by atoms with Crippen molar-refractivity contribution in [1.29, 1.82) is 0 Å². The molecule has 0 aromatic carbocycles. The quantitative estimate of drug-likeness (QED) is 0.695. The molecule has 0 N–H and O–H groups in total. The molecule has 0 aromatic rings. The molecule has 0 amide bonds. The van der Waals surface area contributed by atoms with Crippen molar-refractivity contribution in [3.8, 4) is 0 Å². The van der Waals surface area contributed by atoms with E-state index in [-0.39, 0.29) is 5.79 Å². The number of ether oxygens (including phenoxy) is 2. The average molecular weight is 212 g/mol. The highest BCUT2D eigenvalue weighted by atomic mass is 16.7. The Bertz CT molecular complexity index is 205. The molecule has 2 fully saturated rings. The molecule has 2 aliphatic rings. The molecule has 0 aliphatic carbocycles. The van der Waals surface area contributed by atoms with Gasteiger partial charge in [0.1, 0.15) is 0 Å². The summed E-state index contributed by atoms with van der Waals surface area (Å²) in [4.78, 5) is 0. The summed E-state index contributed by atoms with van der Waals surface area (Å²) < 4.78 is 12.3. The Morgan fingerprint density at radius 1 is 0.933 bits per heavy atom. The van der Waals surface area contributed by atoms with Crippen LogP contribution in [0.3, 0.4) is 0 Å². The smallest absolute Gasteiger partial charge is 0.169 e. The third-order valence-electron chi connectivity index (χ3n) is 3.85. The van der Waals surface area contributed by atoms with E-state index >= 15 is 0 Å². The van der Waals surface area contributed by atoms with Crippen molar-refractivity contribution >= 4 is 0 Å². The third kappa shape index (κ3) is 2.54. The van der Waals surface area contributed by atoms with E-state index in [1.807, 2.05) is 0 Å². The van der Waals surface area contributed by atoms with Crippen LogP contribution in [0.2, 0.25) is 0 Å². The molecule has 88 valence electrons. The van der Waals surface area contributed by atoms with Crippen molar-refractivity contribution in [2.45, 2.75) is 83.2 Å². The molecule has 2 rings (SSSR count). The van der Waals surface area contributed by atoms with Crippen LogP contribution in [0.1, 0.15) is 65.2 Å². The van der Waals surface area contributed by atoms with Gasteiger partial charge in [0.25, 0.3) is 0 Å². The minimum absolute atomic E-state index is 0.197. The summed E-state index contributed by atoms with van der Waals surface area (Å²) in [5.41, 5.74) is 0. The van der Waals surface area contributed by atoms with Crippen molar-refractivity contribution in [1.82, 2.24) is 0 Å². The molecular weight excluding hydrogens is 188 g/mol. The Balaban J connectivity index is 2.00. The van der Waals surface area contributed by atoms with Gasteiger partial charge in [-0.15, -0.1) is 0 Å². The Morgan fingerprint density at radius 2 is 1.60 bits per heavy atom. The van der Waals surface area contributed by atoms with Crippen LogP contribution < -0.4 is 0 Å². The lowest BCUT2D eigenvalue weighted by atomic mass is 10.0. The first kappa shape index (κ1) is 11.4. The summed E-state index contributed by atoms with van der Waals surface area (Å²) in [6.45, 7) is 4.42. The first-order valence-corrected chi connectivity index (χ1v) is 6.63. The predicted octanol–water partition coefficient (Wildman–Crippen LogP) is 3.64. The van der Waals surface area contributed by atoms with Crippen LogP contribution in [0.4, 0.5) is 0 Å². The minimum Gasteiger partial charge on any atom is -0.347 e. The molecule has 2 saturated heterocycles. The molecule has 3 atom stereocenters. The van der Waals surface area contributed by atoms with Crippen molar-refractivity contribution < 1.29 is 9.47 Å². The number of hydrogen-bond donors (Lipinski definition) is 0. The summed E-state index contributed by atoms with van der Waals surface area (Å²) >= 11 is 0. The summed E-state index contributed by atoms with van der Waals surface area (Å²) in [6, 6.07) is 0. The van der Waals surface area contributed by atoms with Gasteiger partial charge in [0.15, 0.2) is 5.79 Å². The van der Waals surface area contributed by atoms with Gasteiger partial charge in [0, 0.05) is 12.8 Å². The van der Waals surface area contributed by atoms with Gasteiger partial charge >= 0.3 is 0 Å². The standard InChI is InChI=1S/C13H24O2/c1-3-11-7-5-6-9-13(14-11)10-8-12(4-2)15-13/h11-12H,3-10H2,1-2H3/t11-,12-,13-/m0/s1. The second-order valence-electron chi connectivity index (χ2n) is 4.99. The largest absolute Gasteiger partial charge is 0.347 e. The second kappa shape index (κ2) is 4.84. The molecule has 0 unspecified atom stereocenters. The van der Waals surface area contributed by atoms with Crippen LogP contribution in [-0.2, 0) is 9.47 Å². The maximum absolute atomic E-state index is 6.22. The predicted molar refractivity (Wildman–Crippen MR) is 60.8 cm³/mol. The Kier molecular flexibility index (Phi) is 3.68. The average Bonchev–Trinajstić information content (AvgIpc) is 2.54. The zero-order valence-electron chi connectivity index (χ0n) is 10.1.